The summed E-state index contributed by atoms with van der Waals surface area (Å²) in [6, 6.07) is 21.2. The number of aromatic carboxylic acids is 1. The molecule has 5 rings (SSSR count). The van der Waals surface area contributed by atoms with E-state index in [1.807, 2.05) is 59.2 Å². The number of benzene rings is 3. The Morgan fingerprint density at radius 1 is 1.06 bits per heavy atom. The van der Waals surface area contributed by atoms with Crippen LogP contribution < -0.4 is 4.87 Å². The molecule has 0 spiro atoms. The molecule has 0 aliphatic rings. The van der Waals surface area contributed by atoms with Crippen molar-refractivity contribution in [3.8, 4) is 22.5 Å². The average molecular weight is 503 g/mol. The molecule has 2 N–H and O–H groups in total. The monoisotopic (exact) mass is 502 g/mol. The van der Waals surface area contributed by atoms with Gasteiger partial charge in [-0.2, -0.15) is 4.37 Å². The summed E-state index contributed by atoms with van der Waals surface area (Å²) in [4.78, 5) is 30.9. The summed E-state index contributed by atoms with van der Waals surface area (Å²) in [6.45, 7) is 4.68. The van der Waals surface area contributed by atoms with Crippen LogP contribution in [0, 0.1) is 0 Å². The number of rotatable bonds is 7. The van der Waals surface area contributed by atoms with Crippen LogP contribution in [0.15, 0.2) is 76.7 Å². The van der Waals surface area contributed by atoms with Gasteiger partial charge in [-0.1, -0.05) is 80.2 Å². The minimum Gasteiger partial charge on any atom is -0.478 e. The van der Waals surface area contributed by atoms with Gasteiger partial charge in [-0.15, -0.1) is 0 Å². The van der Waals surface area contributed by atoms with Gasteiger partial charge in [0.2, 0.25) is 0 Å². The largest absolute Gasteiger partial charge is 0.478 e. The summed E-state index contributed by atoms with van der Waals surface area (Å²) in [5.41, 5.74) is 5.41. The number of aromatic nitrogens is 4. The number of nitrogens with one attached hydrogen (secondary N) is 1. The highest BCUT2D eigenvalue weighted by molar-refractivity contribution is 7.99. The second-order valence-corrected chi connectivity index (χ2v) is 10.6. The molecule has 0 bridgehead atoms. The van der Waals surface area contributed by atoms with Gasteiger partial charge in [0.15, 0.2) is 11.0 Å². The lowest BCUT2D eigenvalue weighted by Gasteiger charge is -2.13. The lowest BCUT2D eigenvalue weighted by atomic mass is 9.98. The molecule has 2 heterocycles. The van der Waals surface area contributed by atoms with Gasteiger partial charge in [0.1, 0.15) is 0 Å². The fourth-order valence-electron chi connectivity index (χ4n) is 4.04. The first-order valence-electron chi connectivity index (χ1n) is 11.0. The molecule has 0 unspecified atom stereocenters. The maximum absolute atomic E-state index is 11.9. The molecule has 0 aliphatic carbocycles. The van der Waals surface area contributed by atoms with Crippen LogP contribution in [0.5, 0.6) is 0 Å². The topological polar surface area (TPSA) is 101 Å². The van der Waals surface area contributed by atoms with Crippen molar-refractivity contribution < 1.29 is 9.90 Å². The van der Waals surface area contributed by atoms with Crippen LogP contribution in [0.1, 0.15) is 29.8 Å². The van der Waals surface area contributed by atoms with Gasteiger partial charge in [0, 0.05) is 22.3 Å². The molecule has 7 nitrogen and oxygen atoms in total. The van der Waals surface area contributed by atoms with E-state index in [4.69, 9.17) is 4.98 Å². The zero-order chi connectivity index (χ0) is 24.5. The van der Waals surface area contributed by atoms with E-state index < -0.39 is 5.97 Å². The number of nitrogens with zero attached hydrogens (tertiary/aromatic N) is 3. The minimum absolute atomic E-state index is 0.187. The van der Waals surface area contributed by atoms with Gasteiger partial charge < -0.3 is 9.67 Å². The van der Waals surface area contributed by atoms with E-state index in [9.17, 15) is 14.7 Å². The third-order valence-electron chi connectivity index (χ3n) is 5.53. The number of hydrogen-bond donors (Lipinski definition) is 2. The van der Waals surface area contributed by atoms with Crippen LogP contribution in [-0.4, -0.2) is 35.2 Å². The molecule has 9 heteroatoms. The van der Waals surface area contributed by atoms with Gasteiger partial charge >= 0.3 is 10.8 Å². The summed E-state index contributed by atoms with van der Waals surface area (Å²) >= 11 is 2.52. The van der Waals surface area contributed by atoms with Crippen molar-refractivity contribution in [2.45, 2.75) is 30.8 Å². The number of fused-ring (bicyclic) bond motifs is 1. The Bertz CT molecular complexity index is 1580. The number of H-pyrrole nitrogens is 1. The molecule has 3 aromatic carbocycles. The number of aromatic amines is 1. The Labute approximate surface area is 209 Å². The van der Waals surface area contributed by atoms with Crippen LogP contribution in [0.3, 0.4) is 0 Å². The van der Waals surface area contributed by atoms with E-state index in [2.05, 4.69) is 23.2 Å². The molecule has 176 valence electrons. The normalized spacial score (nSPS) is 11.4. The molecule has 0 amide bonds. The Morgan fingerprint density at radius 2 is 1.80 bits per heavy atom. The maximum atomic E-state index is 11.9. The standard InChI is InChI=1S/C26H22N4O3S2/c1-15(2)34-25-27-21-9-5-8-20(24(31)32)22(21)30(25)14-16-10-12-17(13-11-16)18-6-3-4-7-19(18)23-28-26(33)35-29-23/h3-13,15H,14H2,1-2H3,(H,31,32)(H,28,29,33). The molecule has 0 saturated carbocycles. The summed E-state index contributed by atoms with van der Waals surface area (Å²) in [6.07, 6.45) is 0. The molecule has 0 atom stereocenters. The second kappa shape index (κ2) is 9.52. The molecular weight excluding hydrogens is 480 g/mol. The van der Waals surface area contributed by atoms with Crippen LogP contribution >= 0.6 is 23.3 Å². The quantitative estimate of drug-likeness (QED) is 0.274. The van der Waals surface area contributed by atoms with Gasteiger partial charge in [0.25, 0.3) is 0 Å². The van der Waals surface area contributed by atoms with Crippen molar-refractivity contribution in [3.05, 3.63) is 87.5 Å². The molecule has 2 aromatic heterocycles. The Balaban J connectivity index is 1.53. The number of hydrogen-bond acceptors (Lipinski definition) is 6. The first-order chi connectivity index (χ1) is 16.9. The van der Waals surface area contributed by atoms with Gasteiger partial charge in [-0.05, 0) is 28.8 Å². The SMILES string of the molecule is CC(C)Sc1nc2cccc(C(=O)O)c2n1Cc1ccc(-c2ccccc2-c2nsc(=O)[nH]2)cc1. The summed E-state index contributed by atoms with van der Waals surface area (Å²) < 4.78 is 6.23. The predicted molar refractivity (Wildman–Crippen MR) is 140 cm³/mol. The Kier molecular flexibility index (Phi) is 6.27. The summed E-state index contributed by atoms with van der Waals surface area (Å²) in [7, 11) is 0. The van der Waals surface area contributed by atoms with E-state index in [1.165, 1.54) is 0 Å². The van der Waals surface area contributed by atoms with Crippen molar-refractivity contribution in [2.24, 2.45) is 0 Å². The highest BCUT2D eigenvalue weighted by Crippen LogP contribution is 2.32. The van der Waals surface area contributed by atoms with E-state index in [0.717, 1.165) is 38.9 Å². The molecular formula is C26H22N4O3S2. The van der Waals surface area contributed by atoms with E-state index in [-0.39, 0.29) is 10.4 Å². The number of carboxylic acids is 1. The van der Waals surface area contributed by atoms with E-state index in [1.54, 1.807) is 23.9 Å². The Morgan fingerprint density at radius 3 is 2.46 bits per heavy atom. The zero-order valence-corrected chi connectivity index (χ0v) is 20.7. The summed E-state index contributed by atoms with van der Waals surface area (Å²) in [5.74, 6) is -0.411. The summed E-state index contributed by atoms with van der Waals surface area (Å²) in [5, 5.41) is 10.9. The van der Waals surface area contributed by atoms with Crippen molar-refractivity contribution in [1.29, 1.82) is 0 Å². The molecule has 0 radical (unpaired) electrons. The van der Waals surface area contributed by atoms with E-state index >= 15 is 0 Å². The third-order valence-corrected chi connectivity index (χ3v) is 7.07. The lowest BCUT2D eigenvalue weighted by Crippen LogP contribution is -2.07. The molecule has 0 fully saturated rings. The molecule has 35 heavy (non-hydrogen) atoms. The van der Waals surface area contributed by atoms with Crippen molar-refractivity contribution >= 4 is 40.3 Å². The van der Waals surface area contributed by atoms with Gasteiger partial charge in [0.05, 0.1) is 23.1 Å². The lowest BCUT2D eigenvalue weighted by molar-refractivity contribution is 0.0698. The first kappa shape index (κ1) is 23.1. The molecule has 0 aliphatic heterocycles. The minimum atomic E-state index is -0.968. The average Bonchev–Trinajstić information content (AvgIpc) is 3.42. The predicted octanol–water partition coefficient (Wildman–Crippen LogP) is 5.76. The van der Waals surface area contributed by atoms with Gasteiger partial charge in [-0.3, -0.25) is 9.78 Å². The smallest absolute Gasteiger partial charge is 0.337 e. The number of carbonyl (C=O) groups is 1. The second-order valence-electron chi connectivity index (χ2n) is 8.31. The van der Waals surface area contributed by atoms with Crippen LogP contribution in [-0.2, 0) is 6.54 Å². The Hall–Kier alpha value is -3.69. The highest BCUT2D eigenvalue weighted by Gasteiger charge is 2.19. The molecule has 0 saturated heterocycles. The number of carboxylic acid groups (broad SMARTS) is 1. The van der Waals surface area contributed by atoms with Crippen molar-refractivity contribution in [2.75, 3.05) is 0 Å². The third kappa shape index (κ3) is 4.65. The zero-order valence-electron chi connectivity index (χ0n) is 19.1. The first-order valence-corrected chi connectivity index (χ1v) is 12.7. The fourth-order valence-corrected chi connectivity index (χ4v) is 5.36. The molecule has 5 aromatic rings. The number of para-hydroxylation sites is 1. The van der Waals surface area contributed by atoms with Crippen LogP contribution in [0.2, 0.25) is 0 Å². The van der Waals surface area contributed by atoms with Crippen LogP contribution in [0.25, 0.3) is 33.5 Å². The number of thioether (sulfide) groups is 1. The van der Waals surface area contributed by atoms with Crippen LogP contribution in [0.4, 0.5) is 0 Å². The highest BCUT2D eigenvalue weighted by atomic mass is 32.2. The number of imidazole rings is 1. The van der Waals surface area contributed by atoms with Crippen molar-refractivity contribution in [1.82, 2.24) is 18.9 Å². The van der Waals surface area contributed by atoms with Crippen molar-refractivity contribution in [3.63, 3.8) is 0 Å². The van der Waals surface area contributed by atoms with E-state index in [0.29, 0.717) is 28.7 Å². The fraction of sp³-hybridized carbons (Fsp3) is 0.154. The van der Waals surface area contributed by atoms with Gasteiger partial charge in [-0.25, -0.2) is 9.78 Å². The maximum Gasteiger partial charge on any atom is 0.337 e.